The molecule has 0 radical (unpaired) electrons. The van der Waals surface area contributed by atoms with Crippen LogP contribution in [0.4, 0.5) is 10.2 Å². The number of ether oxygens (including phenoxy) is 2. The highest BCUT2D eigenvalue weighted by atomic mass is 32.2. The number of methoxy groups -OCH3 is 1. The minimum Gasteiger partial charge on any atom is -0.465 e. The number of halogens is 1. The van der Waals surface area contributed by atoms with Crippen molar-refractivity contribution in [2.75, 3.05) is 24.7 Å². The molecule has 0 fully saturated rings. The lowest BCUT2D eigenvalue weighted by Crippen LogP contribution is -2.22. The molecule has 0 aliphatic rings. The number of hydrogen-bond acceptors (Lipinski definition) is 7. The monoisotopic (exact) mass is 438 g/mol. The number of benzene rings is 1. The van der Waals surface area contributed by atoms with E-state index in [0.717, 1.165) is 18.4 Å². The third-order valence-corrected chi connectivity index (χ3v) is 4.62. The summed E-state index contributed by atoms with van der Waals surface area (Å²) >= 11 is 0. The zero-order valence-electron chi connectivity index (χ0n) is 17.3. The van der Waals surface area contributed by atoms with Crippen LogP contribution in [0.3, 0.4) is 0 Å². The number of carbonyl (C=O) groups excluding carboxylic acids is 2. The molecule has 162 valence electrons. The van der Waals surface area contributed by atoms with E-state index in [1.807, 2.05) is 0 Å². The smallest absolute Gasteiger partial charge is 0.342 e. The lowest BCUT2D eigenvalue weighted by Gasteiger charge is -2.21. The Labute approximate surface area is 174 Å². The van der Waals surface area contributed by atoms with Crippen LogP contribution in [0.15, 0.2) is 24.3 Å². The number of rotatable bonds is 7. The van der Waals surface area contributed by atoms with Gasteiger partial charge in [0.15, 0.2) is 5.82 Å². The molecule has 1 heterocycles. The van der Waals surface area contributed by atoms with Crippen molar-refractivity contribution in [3.63, 3.8) is 0 Å². The van der Waals surface area contributed by atoms with E-state index < -0.39 is 27.8 Å². The van der Waals surface area contributed by atoms with Gasteiger partial charge >= 0.3 is 11.9 Å². The number of aromatic nitrogens is 1. The Hall–Kier alpha value is -3.01. The molecule has 1 aromatic heterocycles. The molecule has 0 unspecified atom stereocenters. The molecule has 0 aliphatic carbocycles. The molecule has 0 aliphatic heterocycles. The summed E-state index contributed by atoms with van der Waals surface area (Å²) in [5.41, 5.74) is 0.256. The second-order valence-electron chi connectivity index (χ2n) is 6.72. The van der Waals surface area contributed by atoms with Gasteiger partial charge in [0.25, 0.3) is 0 Å². The summed E-state index contributed by atoms with van der Waals surface area (Å²) in [5.74, 6) is -2.82. The average Bonchev–Trinajstić information content (AvgIpc) is 2.65. The highest BCUT2D eigenvalue weighted by molar-refractivity contribution is 7.92. The SMILES string of the molecule is CCOC(=O)c1c(NS(C)(=O)=O)nc(C(C)C)c(C(=O)OC)c1-c1ccc(F)cc1. The van der Waals surface area contributed by atoms with Crippen LogP contribution in [0.2, 0.25) is 0 Å². The van der Waals surface area contributed by atoms with E-state index in [2.05, 4.69) is 9.71 Å². The quantitative estimate of drug-likeness (QED) is 0.660. The van der Waals surface area contributed by atoms with E-state index in [-0.39, 0.29) is 40.7 Å². The molecular weight excluding hydrogens is 415 g/mol. The van der Waals surface area contributed by atoms with Gasteiger partial charge in [-0.1, -0.05) is 26.0 Å². The Morgan fingerprint density at radius 3 is 2.20 bits per heavy atom. The second kappa shape index (κ2) is 9.21. The van der Waals surface area contributed by atoms with Crippen molar-refractivity contribution >= 4 is 27.8 Å². The summed E-state index contributed by atoms with van der Waals surface area (Å²) in [7, 11) is -2.66. The van der Waals surface area contributed by atoms with Crippen LogP contribution in [0.25, 0.3) is 11.1 Å². The maximum absolute atomic E-state index is 13.5. The number of pyridine rings is 1. The Bertz CT molecular complexity index is 1070. The summed E-state index contributed by atoms with van der Waals surface area (Å²) < 4.78 is 49.6. The van der Waals surface area contributed by atoms with Crippen molar-refractivity contribution in [1.82, 2.24) is 4.98 Å². The van der Waals surface area contributed by atoms with Crippen molar-refractivity contribution in [3.8, 4) is 11.1 Å². The van der Waals surface area contributed by atoms with Crippen LogP contribution in [-0.4, -0.2) is 45.3 Å². The van der Waals surface area contributed by atoms with Gasteiger partial charge in [0.2, 0.25) is 10.0 Å². The molecule has 0 saturated carbocycles. The van der Waals surface area contributed by atoms with Gasteiger partial charge in [0.1, 0.15) is 11.4 Å². The molecule has 0 amide bonds. The van der Waals surface area contributed by atoms with Crippen molar-refractivity contribution < 1.29 is 31.9 Å². The van der Waals surface area contributed by atoms with Gasteiger partial charge in [0.05, 0.1) is 31.2 Å². The summed E-state index contributed by atoms with van der Waals surface area (Å²) in [6.45, 7) is 5.07. The van der Waals surface area contributed by atoms with E-state index in [1.54, 1.807) is 20.8 Å². The van der Waals surface area contributed by atoms with Gasteiger partial charge < -0.3 is 9.47 Å². The fourth-order valence-corrected chi connectivity index (χ4v) is 3.39. The van der Waals surface area contributed by atoms with Gasteiger partial charge in [-0.3, -0.25) is 4.72 Å². The van der Waals surface area contributed by atoms with Crippen LogP contribution in [0, 0.1) is 5.82 Å². The van der Waals surface area contributed by atoms with Crippen molar-refractivity contribution in [2.24, 2.45) is 0 Å². The van der Waals surface area contributed by atoms with Gasteiger partial charge in [0, 0.05) is 5.56 Å². The van der Waals surface area contributed by atoms with Crippen molar-refractivity contribution in [3.05, 3.63) is 46.9 Å². The van der Waals surface area contributed by atoms with Crippen molar-refractivity contribution in [1.29, 1.82) is 0 Å². The lowest BCUT2D eigenvalue weighted by atomic mass is 9.90. The maximum atomic E-state index is 13.5. The molecule has 10 heteroatoms. The Balaban J connectivity index is 3.07. The Morgan fingerprint density at radius 2 is 1.73 bits per heavy atom. The Kier molecular flexibility index (Phi) is 7.14. The fraction of sp³-hybridized carbons (Fsp3) is 0.350. The number of carbonyl (C=O) groups is 2. The summed E-state index contributed by atoms with van der Waals surface area (Å²) in [6, 6.07) is 5.05. The average molecular weight is 438 g/mol. The van der Waals surface area contributed by atoms with Crippen LogP contribution in [-0.2, 0) is 19.5 Å². The Morgan fingerprint density at radius 1 is 1.13 bits per heavy atom. The summed E-state index contributed by atoms with van der Waals surface area (Å²) in [6.07, 6.45) is 0.907. The predicted molar refractivity (Wildman–Crippen MR) is 109 cm³/mol. The van der Waals surface area contributed by atoms with Crippen LogP contribution < -0.4 is 4.72 Å². The number of nitrogens with zero attached hydrogens (tertiary/aromatic N) is 1. The minimum absolute atomic E-state index is 0.000500. The van der Waals surface area contributed by atoms with E-state index in [0.29, 0.717) is 5.56 Å². The molecule has 0 bridgehead atoms. The molecule has 2 rings (SSSR count). The third-order valence-electron chi connectivity index (χ3n) is 4.06. The number of anilines is 1. The predicted octanol–water partition coefficient (Wildman–Crippen LogP) is 3.35. The highest BCUT2D eigenvalue weighted by Crippen LogP contribution is 2.37. The molecule has 0 spiro atoms. The van der Waals surface area contributed by atoms with Crippen LogP contribution in [0.5, 0.6) is 0 Å². The maximum Gasteiger partial charge on any atom is 0.342 e. The van der Waals surface area contributed by atoms with Crippen molar-refractivity contribution in [2.45, 2.75) is 26.7 Å². The molecule has 0 atom stereocenters. The standard InChI is InChI=1S/C20H23FN2O6S/c1-6-29-20(25)16-14(12-7-9-13(21)10-8-12)15(19(24)28-4)17(11(2)3)22-18(16)23-30(5,26)27/h7-11H,6H2,1-5H3,(H,22,23). The minimum atomic E-state index is -3.83. The van der Waals surface area contributed by atoms with Gasteiger partial charge in [-0.2, -0.15) is 0 Å². The number of hydrogen-bond donors (Lipinski definition) is 1. The first-order valence-electron chi connectivity index (χ1n) is 9.07. The summed E-state index contributed by atoms with van der Waals surface area (Å²) in [5, 5.41) is 0. The van der Waals surface area contributed by atoms with Gasteiger partial charge in [-0.15, -0.1) is 0 Å². The van der Waals surface area contributed by atoms with E-state index in [9.17, 15) is 22.4 Å². The molecule has 30 heavy (non-hydrogen) atoms. The number of esters is 2. The number of sulfonamides is 1. The first-order valence-corrected chi connectivity index (χ1v) is 11.0. The highest BCUT2D eigenvalue weighted by Gasteiger charge is 2.32. The normalized spacial score (nSPS) is 11.3. The zero-order chi connectivity index (χ0) is 22.6. The third kappa shape index (κ3) is 5.12. The van der Waals surface area contributed by atoms with E-state index in [1.165, 1.54) is 19.2 Å². The van der Waals surface area contributed by atoms with Gasteiger partial charge in [-0.25, -0.2) is 27.4 Å². The first-order chi connectivity index (χ1) is 14.0. The first kappa shape index (κ1) is 23.3. The largest absolute Gasteiger partial charge is 0.465 e. The van der Waals surface area contributed by atoms with Crippen LogP contribution >= 0.6 is 0 Å². The van der Waals surface area contributed by atoms with Gasteiger partial charge in [-0.05, 0) is 30.5 Å². The van der Waals surface area contributed by atoms with Crippen LogP contribution in [0.1, 0.15) is 53.1 Å². The second-order valence-corrected chi connectivity index (χ2v) is 8.47. The molecule has 1 aromatic carbocycles. The topological polar surface area (TPSA) is 112 Å². The molecule has 0 saturated heterocycles. The molecule has 2 aromatic rings. The lowest BCUT2D eigenvalue weighted by molar-refractivity contribution is 0.0528. The molecule has 8 nitrogen and oxygen atoms in total. The molecular formula is C20H23FN2O6S. The van der Waals surface area contributed by atoms with E-state index in [4.69, 9.17) is 9.47 Å². The zero-order valence-corrected chi connectivity index (χ0v) is 18.1. The summed E-state index contributed by atoms with van der Waals surface area (Å²) in [4.78, 5) is 29.8. The van der Waals surface area contributed by atoms with E-state index >= 15 is 0 Å². The fourth-order valence-electron chi connectivity index (χ4n) is 2.89. The number of nitrogens with one attached hydrogen (secondary N) is 1. The molecule has 1 N–H and O–H groups in total.